The van der Waals surface area contributed by atoms with Gasteiger partial charge >= 0.3 is 0 Å². The Hall–Kier alpha value is -3.80. The number of thioether (sulfide) groups is 1. The lowest BCUT2D eigenvalue weighted by Crippen LogP contribution is -2.42. The summed E-state index contributed by atoms with van der Waals surface area (Å²) in [5.41, 5.74) is 8.48. The van der Waals surface area contributed by atoms with Crippen LogP contribution in [0.3, 0.4) is 0 Å². The number of amides is 2. The van der Waals surface area contributed by atoms with E-state index in [0.29, 0.717) is 69.7 Å². The molecule has 2 aromatic carbocycles. The molecule has 2 heterocycles. The van der Waals surface area contributed by atoms with Gasteiger partial charge in [0.1, 0.15) is 33.1 Å². The third kappa shape index (κ3) is 6.90. The number of thiocarbonyl (C=S) groups is 1. The number of ether oxygens (including phenoxy) is 1. The van der Waals surface area contributed by atoms with E-state index in [2.05, 4.69) is 5.32 Å². The summed E-state index contributed by atoms with van der Waals surface area (Å²) < 4.78 is 12.2. The average molecular weight is 648 g/mol. The third-order valence-electron chi connectivity index (χ3n) is 9.02. The summed E-state index contributed by atoms with van der Waals surface area (Å²) in [5, 5.41) is 22.6. The molecule has 3 aliphatic rings. The molecule has 3 fully saturated rings. The van der Waals surface area contributed by atoms with Gasteiger partial charge in [0.05, 0.1) is 18.1 Å². The van der Waals surface area contributed by atoms with E-state index in [1.807, 2.05) is 11.0 Å². The molecule has 2 amide bonds. The third-order valence-corrected chi connectivity index (χ3v) is 10.4. The normalized spacial score (nSPS) is 22.4. The maximum absolute atomic E-state index is 13.6. The van der Waals surface area contributed by atoms with E-state index in [-0.39, 0.29) is 29.4 Å². The van der Waals surface area contributed by atoms with Gasteiger partial charge < -0.3 is 30.4 Å². The Bertz CT molecular complexity index is 1630. The van der Waals surface area contributed by atoms with Gasteiger partial charge in [-0.1, -0.05) is 42.5 Å². The van der Waals surface area contributed by atoms with Crippen molar-refractivity contribution in [3.8, 4) is 28.6 Å². The number of phenols is 2. The maximum atomic E-state index is 13.6. The number of benzene rings is 2. The van der Waals surface area contributed by atoms with Gasteiger partial charge in [-0.3, -0.25) is 14.5 Å². The van der Waals surface area contributed by atoms with E-state index >= 15 is 0 Å². The fraction of sp³-hybridized carbons (Fsp3) is 0.382. The van der Waals surface area contributed by atoms with Crippen LogP contribution in [0.1, 0.15) is 49.0 Å². The second kappa shape index (κ2) is 13.3. The Balaban J connectivity index is 1.17. The van der Waals surface area contributed by atoms with Crippen LogP contribution in [0.15, 0.2) is 57.9 Å². The lowest BCUT2D eigenvalue weighted by molar-refractivity contribution is -0.124. The molecule has 3 unspecified atom stereocenters. The van der Waals surface area contributed by atoms with Gasteiger partial charge in [-0.05, 0) is 91.8 Å². The van der Waals surface area contributed by atoms with Gasteiger partial charge in [0.2, 0.25) is 5.91 Å². The fourth-order valence-electron chi connectivity index (χ4n) is 6.76. The number of hydrogen-bond acceptors (Lipinski definition) is 9. The van der Waals surface area contributed by atoms with Crippen LogP contribution in [0.4, 0.5) is 0 Å². The van der Waals surface area contributed by atoms with Gasteiger partial charge in [0, 0.05) is 30.3 Å². The molecule has 6 rings (SSSR count). The zero-order chi connectivity index (χ0) is 31.7. The van der Waals surface area contributed by atoms with Crippen molar-refractivity contribution in [2.75, 3.05) is 13.7 Å². The van der Waals surface area contributed by atoms with Crippen LogP contribution in [0, 0.1) is 11.8 Å². The maximum Gasteiger partial charge on any atom is 0.266 e. The van der Waals surface area contributed by atoms with Crippen LogP contribution in [0.25, 0.3) is 17.4 Å². The number of aryl methyl sites for hydroxylation is 1. The van der Waals surface area contributed by atoms with E-state index in [1.165, 1.54) is 37.8 Å². The largest absolute Gasteiger partial charge is 0.508 e. The number of phenolic OH excluding ortho intramolecular Hbond substituents is 2. The number of fused-ring (bicyclic) bond motifs is 2. The zero-order valence-corrected chi connectivity index (χ0v) is 26.7. The molecule has 9 nitrogen and oxygen atoms in total. The van der Waals surface area contributed by atoms with Crippen molar-refractivity contribution in [3.05, 3.63) is 70.3 Å². The molecule has 1 saturated heterocycles. The second-order valence-electron chi connectivity index (χ2n) is 12.1. The number of rotatable bonds is 11. The SMILES string of the molecule is COc1cc(O)cc(-c2cc(CCCNC(=O)[C@@H](N)Cc3ccc(O)cc3)c(C=C3SC(=S)N(C4CC5CCC4C5)C3=O)o2)c1. The predicted molar refractivity (Wildman–Crippen MR) is 178 cm³/mol. The van der Waals surface area contributed by atoms with Gasteiger partial charge in [-0.15, -0.1) is 0 Å². The smallest absolute Gasteiger partial charge is 0.266 e. The lowest BCUT2D eigenvalue weighted by Gasteiger charge is -2.30. The first-order chi connectivity index (χ1) is 21.7. The van der Waals surface area contributed by atoms with Crippen molar-refractivity contribution < 1.29 is 29.0 Å². The number of methoxy groups -OCH3 is 1. The number of aromatic hydroxyl groups is 2. The molecule has 3 aromatic rings. The highest BCUT2D eigenvalue weighted by Crippen LogP contribution is 2.49. The molecule has 1 aromatic heterocycles. The molecule has 236 valence electrons. The standard InChI is InChI=1S/C34H37N3O6S2/c1-42-26-15-23(14-25(39)17-26)29-16-22(3-2-10-36-32(40)27(35)12-19-5-8-24(38)9-6-19)30(43-29)18-31-33(41)37(34(44)45-31)28-13-20-4-7-21(28)11-20/h5-6,8-9,14-18,20-21,27-28,38-39H,2-4,7,10-13,35H2,1H3,(H,36,40)/t20?,21?,27-,28?/m0/s1. The van der Waals surface area contributed by atoms with Gasteiger partial charge in [-0.2, -0.15) is 0 Å². The van der Waals surface area contributed by atoms with E-state index in [0.717, 1.165) is 24.0 Å². The number of nitrogens with one attached hydrogen (secondary N) is 1. The van der Waals surface area contributed by atoms with Crippen LogP contribution in [-0.2, 0) is 22.4 Å². The summed E-state index contributed by atoms with van der Waals surface area (Å²) >= 11 is 7.01. The van der Waals surface area contributed by atoms with Crippen LogP contribution in [0.2, 0.25) is 0 Å². The topological polar surface area (TPSA) is 138 Å². The van der Waals surface area contributed by atoms with Crippen molar-refractivity contribution in [2.24, 2.45) is 17.6 Å². The molecule has 4 atom stereocenters. The highest BCUT2D eigenvalue weighted by atomic mass is 32.2. The average Bonchev–Trinajstić information content (AvgIpc) is 3.80. The van der Waals surface area contributed by atoms with Crippen molar-refractivity contribution in [2.45, 2.75) is 57.0 Å². The molecule has 2 bridgehead atoms. The number of carbonyl (C=O) groups is 2. The van der Waals surface area contributed by atoms with E-state index in [9.17, 15) is 19.8 Å². The number of carbonyl (C=O) groups excluding carboxylic acids is 2. The first-order valence-electron chi connectivity index (χ1n) is 15.3. The summed E-state index contributed by atoms with van der Waals surface area (Å²) in [5.74, 6) is 2.64. The molecule has 1 aliphatic heterocycles. The summed E-state index contributed by atoms with van der Waals surface area (Å²) in [6, 6.07) is 12.9. The van der Waals surface area contributed by atoms with Crippen LogP contribution < -0.4 is 15.8 Å². The molecule has 2 saturated carbocycles. The molecule has 0 radical (unpaired) electrons. The summed E-state index contributed by atoms with van der Waals surface area (Å²) in [6.45, 7) is 0.397. The Morgan fingerprint density at radius 1 is 1.18 bits per heavy atom. The second-order valence-corrected chi connectivity index (χ2v) is 13.8. The summed E-state index contributed by atoms with van der Waals surface area (Å²) in [4.78, 5) is 28.6. The van der Waals surface area contributed by atoms with E-state index in [1.54, 1.807) is 42.5 Å². The Labute approximate surface area is 271 Å². The van der Waals surface area contributed by atoms with Crippen molar-refractivity contribution in [1.29, 1.82) is 0 Å². The number of nitrogens with zero attached hydrogens (tertiary/aromatic N) is 1. The minimum absolute atomic E-state index is 0.0435. The lowest BCUT2D eigenvalue weighted by atomic mass is 9.94. The van der Waals surface area contributed by atoms with Crippen molar-refractivity contribution >= 4 is 46.2 Å². The molecule has 2 aliphatic carbocycles. The monoisotopic (exact) mass is 647 g/mol. The highest BCUT2D eigenvalue weighted by Gasteiger charge is 2.48. The van der Waals surface area contributed by atoms with Crippen LogP contribution in [0.5, 0.6) is 17.2 Å². The molecule has 5 N–H and O–H groups in total. The number of furan rings is 1. The van der Waals surface area contributed by atoms with E-state index < -0.39 is 6.04 Å². The van der Waals surface area contributed by atoms with Gasteiger partial charge in [-0.25, -0.2) is 0 Å². The molecular formula is C34H37N3O6S2. The Morgan fingerprint density at radius 3 is 2.69 bits per heavy atom. The summed E-state index contributed by atoms with van der Waals surface area (Å²) in [6.07, 6.45) is 7.89. The molecule has 0 spiro atoms. The first-order valence-corrected chi connectivity index (χ1v) is 16.5. The van der Waals surface area contributed by atoms with Crippen LogP contribution in [-0.4, -0.2) is 57.0 Å². The summed E-state index contributed by atoms with van der Waals surface area (Å²) in [7, 11) is 1.53. The fourth-order valence-corrected chi connectivity index (χ4v) is 8.10. The van der Waals surface area contributed by atoms with E-state index in [4.69, 9.17) is 27.1 Å². The quantitative estimate of drug-likeness (QED) is 0.123. The Kier molecular flexibility index (Phi) is 9.21. The minimum Gasteiger partial charge on any atom is -0.508 e. The minimum atomic E-state index is -0.719. The molecule has 11 heteroatoms. The van der Waals surface area contributed by atoms with Gasteiger partial charge in [0.25, 0.3) is 5.91 Å². The van der Waals surface area contributed by atoms with Gasteiger partial charge in [0.15, 0.2) is 0 Å². The Morgan fingerprint density at radius 2 is 1.98 bits per heavy atom. The predicted octanol–water partition coefficient (Wildman–Crippen LogP) is 5.38. The molecular weight excluding hydrogens is 611 g/mol. The van der Waals surface area contributed by atoms with Crippen molar-refractivity contribution in [3.63, 3.8) is 0 Å². The number of hydrogen-bond donors (Lipinski definition) is 4. The van der Waals surface area contributed by atoms with Crippen molar-refractivity contribution in [1.82, 2.24) is 10.2 Å². The first kappa shape index (κ1) is 31.2. The van der Waals surface area contributed by atoms with Crippen LogP contribution >= 0.6 is 24.0 Å². The zero-order valence-electron chi connectivity index (χ0n) is 25.0. The molecule has 45 heavy (non-hydrogen) atoms. The highest BCUT2D eigenvalue weighted by molar-refractivity contribution is 8.26. The number of nitrogens with two attached hydrogens (primary N) is 1.